The molecule has 78 valence electrons. The molecule has 6 nitrogen and oxygen atoms in total. The molecule has 0 bridgehead atoms. The van der Waals surface area contributed by atoms with E-state index >= 15 is 0 Å². The number of carbonyl (C=O) groups excluding carboxylic acids is 3. The summed E-state index contributed by atoms with van der Waals surface area (Å²) < 4.78 is 3.95. The van der Waals surface area contributed by atoms with E-state index in [-0.39, 0.29) is 6.42 Å². The Morgan fingerprint density at radius 3 is 2.14 bits per heavy atom. The summed E-state index contributed by atoms with van der Waals surface area (Å²) in [6.45, 7) is 4.85. The summed E-state index contributed by atoms with van der Waals surface area (Å²) in [6.07, 6.45) is -1.42. The van der Waals surface area contributed by atoms with Gasteiger partial charge in [0, 0.05) is 5.57 Å². The van der Waals surface area contributed by atoms with Crippen LogP contribution in [-0.4, -0.2) is 29.1 Å². The van der Waals surface area contributed by atoms with E-state index in [2.05, 4.69) is 11.3 Å². The first-order valence-corrected chi connectivity index (χ1v) is 3.72. The van der Waals surface area contributed by atoms with Crippen LogP contribution >= 0.6 is 0 Å². The van der Waals surface area contributed by atoms with Gasteiger partial charge in [0.15, 0.2) is 6.10 Å². The van der Waals surface area contributed by atoms with Gasteiger partial charge >= 0.3 is 11.9 Å². The number of amides is 1. The Labute approximate surface area is 80.3 Å². The summed E-state index contributed by atoms with van der Waals surface area (Å²) in [7, 11) is 0. The van der Waals surface area contributed by atoms with Crippen molar-refractivity contribution in [3.8, 4) is 0 Å². The number of ether oxygens (including phenoxy) is 1. The van der Waals surface area contributed by atoms with Gasteiger partial charge in [-0.2, -0.15) is 0 Å². The molecule has 1 rings (SSSR count). The lowest BCUT2D eigenvalue weighted by Gasteiger charge is -1.86. The second kappa shape index (κ2) is 5.13. The Morgan fingerprint density at radius 1 is 1.64 bits per heavy atom. The highest BCUT2D eigenvalue weighted by Crippen LogP contribution is 2.05. The molecule has 0 saturated carbocycles. The summed E-state index contributed by atoms with van der Waals surface area (Å²) in [6, 6.07) is 0. The van der Waals surface area contributed by atoms with Crippen molar-refractivity contribution in [3.63, 3.8) is 0 Å². The molecule has 0 aromatic rings. The highest BCUT2D eigenvalue weighted by atomic mass is 16.6. The normalized spacial score (nSPS) is 19.4. The molecule has 0 radical (unpaired) electrons. The maximum absolute atomic E-state index is 10.1. The minimum absolute atomic E-state index is 0.196. The van der Waals surface area contributed by atoms with Crippen LogP contribution in [0, 0.1) is 0 Å². The third-order valence-electron chi connectivity index (χ3n) is 1.27. The van der Waals surface area contributed by atoms with Gasteiger partial charge in [-0.25, -0.2) is 4.79 Å². The number of rotatable bonds is 1. The topological polar surface area (TPSA) is 107 Å². The minimum Gasteiger partial charge on any atom is -0.391 e. The van der Waals surface area contributed by atoms with Gasteiger partial charge in [0.05, 0.1) is 6.42 Å². The maximum Gasteiger partial charge on any atom is 0.343 e. The van der Waals surface area contributed by atoms with Gasteiger partial charge in [-0.05, 0) is 6.92 Å². The number of aliphatic hydroxyl groups excluding tert-OH is 1. The Balaban J connectivity index is 0.000000255. The predicted octanol–water partition coefficient (Wildman–Crippen LogP) is -1.13. The number of esters is 2. The lowest BCUT2D eigenvalue weighted by molar-refractivity contribution is -0.154. The predicted molar refractivity (Wildman–Crippen MR) is 45.7 cm³/mol. The van der Waals surface area contributed by atoms with Crippen LogP contribution in [0.15, 0.2) is 12.2 Å². The highest BCUT2D eigenvalue weighted by Gasteiger charge is 2.30. The first kappa shape index (κ1) is 12.3. The van der Waals surface area contributed by atoms with E-state index in [4.69, 9.17) is 10.8 Å². The highest BCUT2D eigenvalue weighted by molar-refractivity contribution is 5.95. The van der Waals surface area contributed by atoms with Gasteiger partial charge in [0.25, 0.3) is 0 Å². The first-order chi connectivity index (χ1) is 6.34. The average molecular weight is 201 g/mol. The van der Waals surface area contributed by atoms with Gasteiger partial charge < -0.3 is 15.6 Å². The fourth-order valence-electron chi connectivity index (χ4n) is 0.463. The van der Waals surface area contributed by atoms with Crippen LogP contribution in [0.2, 0.25) is 0 Å². The van der Waals surface area contributed by atoms with Crippen molar-refractivity contribution in [3.05, 3.63) is 12.2 Å². The minimum atomic E-state index is -1.22. The summed E-state index contributed by atoms with van der Waals surface area (Å²) in [4.78, 5) is 30.0. The van der Waals surface area contributed by atoms with Crippen LogP contribution in [0.4, 0.5) is 0 Å². The van der Waals surface area contributed by atoms with Crippen molar-refractivity contribution >= 4 is 17.8 Å². The molecule has 1 atom stereocenters. The van der Waals surface area contributed by atoms with Gasteiger partial charge in [-0.15, -0.1) is 0 Å². The molecule has 0 spiro atoms. The van der Waals surface area contributed by atoms with Crippen LogP contribution in [-0.2, 0) is 19.1 Å². The Morgan fingerprint density at radius 2 is 2.07 bits per heavy atom. The van der Waals surface area contributed by atoms with E-state index in [9.17, 15) is 14.4 Å². The zero-order valence-corrected chi connectivity index (χ0v) is 7.65. The summed E-state index contributed by atoms with van der Waals surface area (Å²) in [5.74, 6) is -1.92. The zero-order valence-electron chi connectivity index (χ0n) is 7.65. The molecular weight excluding hydrogens is 190 g/mol. The summed E-state index contributed by atoms with van der Waals surface area (Å²) in [5.41, 5.74) is 5.09. The quantitative estimate of drug-likeness (QED) is 0.317. The number of primary amides is 1. The van der Waals surface area contributed by atoms with E-state index in [0.29, 0.717) is 5.57 Å². The third kappa shape index (κ3) is 4.36. The van der Waals surface area contributed by atoms with Gasteiger partial charge in [-0.3, -0.25) is 9.59 Å². The second-order valence-electron chi connectivity index (χ2n) is 2.66. The number of carbonyl (C=O) groups is 3. The third-order valence-corrected chi connectivity index (χ3v) is 1.27. The van der Waals surface area contributed by atoms with E-state index in [1.165, 1.54) is 0 Å². The van der Waals surface area contributed by atoms with Crippen molar-refractivity contribution in [1.82, 2.24) is 0 Å². The molecule has 1 saturated heterocycles. The van der Waals surface area contributed by atoms with Crippen LogP contribution in [0.25, 0.3) is 0 Å². The molecule has 1 heterocycles. The number of nitrogens with two attached hydrogens (primary N) is 1. The van der Waals surface area contributed by atoms with Crippen molar-refractivity contribution in [2.75, 3.05) is 0 Å². The van der Waals surface area contributed by atoms with Crippen LogP contribution in [0.1, 0.15) is 13.3 Å². The smallest absolute Gasteiger partial charge is 0.343 e. The van der Waals surface area contributed by atoms with Gasteiger partial charge in [0.1, 0.15) is 0 Å². The molecule has 1 amide bonds. The van der Waals surface area contributed by atoms with Gasteiger partial charge in [0.2, 0.25) is 5.91 Å². The van der Waals surface area contributed by atoms with Crippen LogP contribution in [0.3, 0.4) is 0 Å². The molecular formula is C8H11NO5. The molecule has 0 aromatic heterocycles. The Hall–Kier alpha value is -1.69. The lowest BCUT2D eigenvalue weighted by Crippen LogP contribution is -2.11. The number of hydrogen-bond donors (Lipinski definition) is 2. The van der Waals surface area contributed by atoms with E-state index < -0.39 is 23.9 Å². The fraction of sp³-hybridized carbons (Fsp3) is 0.375. The maximum atomic E-state index is 10.1. The molecule has 6 heteroatoms. The molecule has 1 fully saturated rings. The van der Waals surface area contributed by atoms with Crippen LogP contribution < -0.4 is 5.73 Å². The second-order valence-corrected chi connectivity index (χ2v) is 2.66. The number of cyclic esters (lactones) is 2. The van der Waals surface area contributed by atoms with Crippen molar-refractivity contribution < 1.29 is 24.2 Å². The van der Waals surface area contributed by atoms with E-state index in [0.717, 1.165) is 0 Å². The number of aliphatic hydroxyl groups is 1. The standard InChI is InChI=1S/C4H7NO.C4H4O4/c1-3(2)4(5)6;5-2-1-3(6)8-4(2)7/h1H2,2H3,(H2,5,6);2,5H,1H2. The molecule has 1 aliphatic heterocycles. The van der Waals surface area contributed by atoms with Gasteiger partial charge in [-0.1, -0.05) is 6.58 Å². The Kier molecular flexibility index (Phi) is 4.51. The molecule has 1 unspecified atom stereocenters. The molecule has 0 aliphatic carbocycles. The summed E-state index contributed by atoms with van der Waals surface area (Å²) >= 11 is 0. The summed E-state index contributed by atoms with van der Waals surface area (Å²) in [5, 5.41) is 8.47. The monoisotopic (exact) mass is 201 g/mol. The molecule has 1 aliphatic rings. The number of hydrogen-bond acceptors (Lipinski definition) is 5. The van der Waals surface area contributed by atoms with Crippen molar-refractivity contribution in [1.29, 1.82) is 0 Å². The van der Waals surface area contributed by atoms with Crippen molar-refractivity contribution in [2.45, 2.75) is 19.4 Å². The van der Waals surface area contributed by atoms with Crippen LogP contribution in [0.5, 0.6) is 0 Å². The molecule has 14 heavy (non-hydrogen) atoms. The lowest BCUT2D eigenvalue weighted by atomic mass is 10.3. The van der Waals surface area contributed by atoms with E-state index in [1.54, 1.807) is 6.92 Å². The first-order valence-electron chi connectivity index (χ1n) is 3.72. The SMILES string of the molecule is C=C(C)C(N)=O.O=C1CC(O)C(=O)O1. The van der Waals surface area contributed by atoms with Crippen molar-refractivity contribution in [2.24, 2.45) is 5.73 Å². The molecule has 3 N–H and O–H groups in total. The largest absolute Gasteiger partial charge is 0.391 e. The fourth-order valence-corrected chi connectivity index (χ4v) is 0.463. The molecule has 0 aromatic carbocycles. The zero-order chi connectivity index (χ0) is 11.3. The Bertz CT molecular complexity index is 271. The average Bonchev–Trinajstić information content (AvgIpc) is 2.30. The van der Waals surface area contributed by atoms with E-state index in [1.807, 2.05) is 0 Å².